The van der Waals surface area contributed by atoms with Crippen LogP contribution in [0.5, 0.6) is 0 Å². The minimum atomic E-state index is -3.22. The van der Waals surface area contributed by atoms with Crippen LogP contribution in [0.25, 0.3) is 10.9 Å². The SMILES string of the molecule is CC(C)N(Cc1ccc2ccccc2n1)S(C)(=O)=O. The second-order valence-electron chi connectivity index (χ2n) is 4.90. The second-order valence-corrected chi connectivity index (χ2v) is 6.83. The summed E-state index contributed by atoms with van der Waals surface area (Å²) >= 11 is 0. The first kappa shape index (κ1) is 14.0. The van der Waals surface area contributed by atoms with Gasteiger partial charge in [-0.05, 0) is 26.0 Å². The van der Waals surface area contributed by atoms with Gasteiger partial charge in [0, 0.05) is 11.4 Å². The van der Waals surface area contributed by atoms with E-state index in [1.165, 1.54) is 10.6 Å². The van der Waals surface area contributed by atoms with E-state index in [4.69, 9.17) is 0 Å². The molecule has 0 fully saturated rings. The van der Waals surface area contributed by atoms with E-state index in [1.54, 1.807) is 0 Å². The van der Waals surface area contributed by atoms with Gasteiger partial charge in [0.1, 0.15) is 0 Å². The van der Waals surface area contributed by atoms with Crippen LogP contribution in [0.1, 0.15) is 19.5 Å². The lowest BCUT2D eigenvalue weighted by molar-refractivity contribution is 0.348. The van der Waals surface area contributed by atoms with Crippen molar-refractivity contribution in [1.29, 1.82) is 0 Å². The van der Waals surface area contributed by atoms with Crippen LogP contribution < -0.4 is 0 Å². The fraction of sp³-hybridized carbons (Fsp3) is 0.357. The zero-order chi connectivity index (χ0) is 14.0. The van der Waals surface area contributed by atoms with Gasteiger partial charge in [-0.25, -0.2) is 8.42 Å². The molecule has 1 aromatic heterocycles. The Kier molecular flexibility index (Phi) is 3.87. The van der Waals surface area contributed by atoms with Crippen molar-refractivity contribution in [2.45, 2.75) is 26.4 Å². The van der Waals surface area contributed by atoms with E-state index in [9.17, 15) is 8.42 Å². The molecular formula is C14H18N2O2S. The van der Waals surface area contributed by atoms with Crippen molar-refractivity contribution >= 4 is 20.9 Å². The Labute approximate surface area is 114 Å². The van der Waals surface area contributed by atoms with E-state index in [-0.39, 0.29) is 6.04 Å². The summed E-state index contributed by atoms with van der Waals surface area (Å²) in [7, 11) is -3.22. The number of sulfonamides is 1. The molecule has 0 bridgehead atoms. The van der Waals surface area contributed by atoms with Gasteiger partial charge in [-0.3, -0.25) is 4.98 Å². The number of hydrogen-bond donors (Lipinski definition) is 0. The maximum atomic E-state index is 11.7. The van der Waals surface area contributed by atoms with Crippen LogP contribution in [-0.4, -0.2) is 30.0 Å². The van der Waals surface area contributed by atoms with Gasteiger partial charge < -0.3 is 0 Å². The molecule has 1 heterocycles. The summed E-state index contributed by atoms with van der Waals surface area (Å²) in [4.78, 5) is 4.50. The first-order valence-electron chi connectivity index (χ1n) is 6.19. The first-order valence-corrected chi connectivity index (χ1v) is 8.04. The van der Waals surface area contributed by atoms with Crippen molar-refractivity contribution in [1.82, 2.24) is 9.29 Å². The highest BCUT2D eigenvalue weighted by molar-refractivity contribution is 7.88. The van der Waals surface area contributed by atoms with Crippen LogP contribution in [0.3, 0.4) is 0 Å². The molecule has 0 amide bonds. The Bertz CT molecular complexity index is 681. The number of para-hydroxylation sites is 1. The van der Waals surface area contributed by atoms with Crippen LogP contribution in [0.4, 0.5) is 0 Å². The second kappa shape index (κ2) is 5.27. The highest BCUT2D eigenvalue weighted by Gasteiger charge is 2.20. The summed E-state index contributed by atoms with van der Waals surface area (Å²) in [5.74, 6) is 0. The lowest BCUT2D eigenvalue weighted by Crippen LogP contribution is -2.35. The van der Waals surface area contributed by atoms with Crippen molar-refractivity contribution < 1.29 is 8.42 Å². The van der Waals surface area contributed by atoms with Crippen LogP contribution in [0.2, 0.25) is 0 Å². The van der Waals surface area contributed by atoms with E-state index < -0.39 is 10.0 Å². The summed E-state index contributed by atoms with van der Waals surface area (Å²) in [6, 6.07) is 11.6. The standard InChI is InChI=1S/C14H18N2O2S/c1-11(2)16(19(3,17)18)10-13-9-8-12-6-4-5-7-14(12)15-13/h4-9,11H,10H2,1-3H3. The van der Waals surface area contributed by atoms with Crippen molar-refractivity contribution in [3.63, 3.8) is 0 Å². The number of benzene rings is 1. The number of fused-ring (bicyclic) bond motifs is 1. The molecule has 1 aromatic carbocycles. The Balaban J connectivity index is 2.34. The number of aromatic nitrogens is 1. The fourth-order valence-electron chi connectivity index (χ4n) is 2.04. The minimum Gasteiger partial charge on any atom is -0.251 e. The van der Waals surface area contributed by atoms with Crippen LogP contribution in [0, 0.1) is 0 Å². The predicted molar refractivity (Wildman–Crippen MR) is 77.3 cm³/mol. The van der Waals surface area contributed by atoms with E-state index >= 15 is 0 Å². The maximum Gasteiger partial charge on any atom is 0.211 e. The third kappa shape index (κ3) is 3.30. The lowest BCUT2D eigenvalue weighted by atomic mass is 10.2. The largest absolute Gasteiger partial charge is 0.251 e. The quantitative estimate of drug-likeness (QED) is 0.863. The van der Waals surface area contributed by atoms with Gasteiger partial charge in [-0.2, -0.15) is 4.31 Å². The zero-order valence-electron chi connectivity index (χ0n) is 11.4. The van der Waals surface area contributed by atoms with Gasteiger partial charge in [-0.15, -0.1) is 0 Å². The van der Waals surface area contributed by atoms with Gasteiger partial charge in [0.25, 0.3) is 0 Å². The molecule has 0 saturated heterocycles. The molecule has 0 aliphatic heterocycles. The van der Waals surface area contributed by atoms with Crippen molar-refractivity contribution in [3.8, 4) is 0 Å². The van der Waals surface area contributed by atoms with Crippen LogP contribution in [0.15, 0.2) is 36.4 Å². The van der Waals surface area contributed by atoms with Gasteiger partial charge in [0.05, 0.1) is 24.0 Å². The number of rotatable bonds is 4. The maximum absolute atomic E-state index is 11.7. The summed E-state index contributed by atoms with van der Waals surface area (Å²) in [6.45, 7) is 4.03. The fourth-order valence-corrected chi connectivity index (χ4v) is 3.17. The molecule has 0 unspecified atom stereocenters. The van der Waals surface area contributed by atoms with Gasteiger partial charge in [-0.1, -0.05) is 24.3 Å². The molecule has 2 aromatic rings. The third-order valence-electron chi connectivity index (χ3n) is 2.98. The lowest BCUT2D eigenvalue weighted by Gasteiger charge is -2.23. The van der Waals surface area contributed by atoms with Crippen molar-refractivity contribution in [3.05, 3.63) is 42.1 Å². The third-order valence-corrected chi connectivity index (χ3v) is 4.38. The van der Waals surface area contributed by atoms with Gasteiger partial charge in [0.15, 0.2) is 0 Å². The molecule has 0 N–H and O–H groups in total. The molecule has 0 spiro atoms. The molecule has 0 aliphatic carbocycles. The average Bonchev–Trinajstić information content (AvgIpc) is 2.34. The van der Waals surface area contributed by atoms with E-state index in [1.807, 2.05) is 50.2 Å². The number of nitrogens with zero attached hydrogens (tertiary/aromatic N) is 2. The Morgan fingerprint density at radius 1 is 1.16 bits per heavy atom. The average molecular weight is 278 g/mol. The molecular weight excluding hydrogens is 260 g/mol. The zero-order valence-corrected chi connectivity index (χ0v) is 12.2. The first-order chi connectivity index (χ1) is 8.88. The topological polar surface area (TPSA) is 50.3 Å². The molecule has 2 rings (SSSR count). The van der Waals surface area contributed by atoms with Gasteiger partial charge >= 0.3 is 0 Å². The molecule has 19 heavy (non-hydrogen) atoms. The smallest absolute Gasteiger partial charge is 0.211 e. The molecule has 0 atom stereocenters. The molecule has 5 heteroatoms. The molecule has 4 nitrogen and oxygen atoms in total. The molecule has 102 valence electrons. The normalized spacial score (nSPS) is 12.5. The van der Waals surface area contributed by atoms with E-state index in [0.717, 1.165) is 16.6 Å². The van der Waals surface area contributed by atoms with Crippen molar-refractivity contribution in [2.24, 2.45) is 0 Å². The molecule has 0 radical (unpaired) electrons. The molecule has 0 aliphatic rings. The minimum absolute atomic E-state index is 0.0803. The predicted octanol–water partition coefficient (Wildman–Crippen LogP) is 2.40. The summed E-state index contributed by atoms with van der Waals surface area (Å²) in [5.41, 5.74) is 1.65. The number of pyridine rings is 1. The monoisotopic (exact) mass is 278 g/mol. The van der Waals surface area contributed by atoms with E-state index in [2.05, 4.69) is 4.98 Å². The summed E-state index contributed by atoms with van der Waals surface area (Å²) in [6.07, 6.45) is 1.23. The van der Waals surface area contributed by atoms with Crippen LogP contribution in [-0.2, 0) is 16.6 Å². The summed E-state index contributed by atoms with van der Waals surface area (Å²) in [5, 5.41) is 1.06. The Morgan fingerprint density at radius 3 is 2.47 bits per heavy atom. The number of hydrogen-bond acceptors (Lipinski definition) is 3. The Morgan fingerprint density at radius 2 is 1.84 bits per heavy atom. The van der Waals surface area contributed by atoms with Gasteiger partial charge in [0.2, 0.25) is 10.0 Å². The summed E-state index contributed by atoms with van der Waals surface area (Å²) < 4.78 is 24.9. The highest BCUT2D eigenvalue weighted by Crippen LogP contribution is 2.15. The highest BCUT2D eigenvalue weighted by atomic mass is 32.2. The van der Waals surface area contributed by atoms with Crippen molar-refractivity contribution in [2.75, 3.05) is 6.26 Å². The van der Waals surface area contributed by atoms with Crippen LogP contribution >= 0.6 is 0 Å². The Hall–Kier alpha value is -1.46. The van der Waals surface area contributed by atoms with E-state index in [0.29, 0.717) is 6.54 Å². The molecule has 0 saturated carbocycles.